The third kappa shape index (κ3) is 5.50. The molecule has 0 bridgehead atoms. The Morgan fingerprint density at radius 1 is 1.40 bits per heavy atom. The molecule has 1 saturated carbocycles. The summed E-state index contributed by atoms with van der Waals surface area (Å²) in [7, 11) is 2.19. The van der Waals surface area contributed by atoms with Crippen molar-refractivity contribution in [2.45, 2.75) is 32.7 Å². The van der Waals surface area contributed by atoms with Gasteiger partial charge in [-0.1, -0.05) is 6.92 Å². The zero-order valence-corrected chi connectivity index (χ0v) is 10.5. The van der Waals surface area contributed by atoms with E-state index in [4.69, 9.17) is 4.74 Å². The van der Waals surface area contributed by atoms with Gasteiger partial charge in [0.15, 0.2) is 0 Å². The van der Waals surface area contributed by atoms with Crippen molar-refractivity contribution in [3.05, 3.63) is 0 Å². The molecule has 1 aliphatic rings. The zero-order chi connectivity index (χ0) is 11.1. The topological polar surface area (TPSA) is 24.5 Å². The van der Waals surface area contributed by atoms with E-state index in [-0.39, 0.29) is 0 Å². The van der Waals surface area contributed by atoms with E-state index in [1.54, 1.807) is 0 Å². The molecule has 1 N–H and O–H groups in total. The van der Waals surface area contributed by atoms with Crippen molar-refractivity contribution in [2.24, 2.45) is 5.92 Å². The first-order chi connectivity index (χ1) is 7.27. The highest BCUT2D eigenvalue weighted by Crippen LogP contribution is 2.32. The van der Waals surface area contributed by atoms with Gasteiger partial charge in [-0.2, -0.15) is 0 Å². The molecule has 0 radical (unpaired) electrons. The minimum Gasteiger partial charge on any atom is -0.380 e. The molecule has 0 aromatic heterocycles. The molecule has 1 aliphatic carbocycles. The van der Waals surface area contributed by atoms with Crippen molar-refractivity contribution in [1.82, 2.24) is 10.2 Å². The van der Waals surface area contributed by atoms with Crippen LogP contribution in [0.25, 0.3) is 0 Å². The Hall–Kier alpha value is -0.120. The number of likely N-dealkylation sites (N-methyl/N-ethyl adjacent to an activating group) is 2. The summed E-state index contributed by atoms with van der Waals surface area (Å²) in [4.78, 5) is 2.38. The minimum absolute atomic E-state index is 0.696. The van der Waals surface area contributed by atoms with Gasteiger partial charge in [-0.3, -0.25) is 0 Å². The lowest BCUT2D eigenvalue weighted by Crippen LogP contribution is -2.42. The molecule has 3 heteroatoms. The minimum atomic E-state index is 0.696. The van der Waals surface area contributed by atoms with Crippen LogP contribution in [0.5, 0.6) is 0 Å². The van der Waals surface area contributed by atoms with Crippen LogP contribution in [0.1, 0.15) is 26.7 Å². The monoisotopic (exact) mass is 214 g/mol. The smallest absolute Gasteiger partial charge is 0.0593 e. The van der Waals surface area contributed by atoms with Crippen molar-refractivity contribution in [3.63, 3.8) is 0 Å². The van der Waals surface area contributed by atoms with Crippen LogP contribution in [0.3, 0.4) is 0 Å². The van der Waals surface area contributed by atoms with Crippen molar-refractivity contribution >= 4 is 0 Å². The average molecular weight is 214 g/mol. The molecular formula is C12H26N2O. The SMILES string of the molecule is CCNC(CN(C)CCOCC)C1CC1. The quantitative estimate of drug-likeness (QED) is 0.586. The molecule has 0 amide bonds. The maximum atomic E-state index is 5.36. The maximum Gasteiger partial charge on any atom is 0.0593 e. The van der Waals surface area contributed by atoms with E-state index in [2.05, 4.69) is 24.2 Å². The number of hydrogen-bond acceptors (Lipinski definition) is 3. The standard InChI is InChI=1S/C12H26N2O/c1-4-13-12(11-6-7-11)10-14(3)8-9-15-5-2/h11-13H,4-10H2,1-3H3. The summed E-state index contributed by atoms with van der Waals surface area (Å²) in [6, 6.07) is 0.696. The lowest BCUT2D eigenvalue weighted by molar-refractivity contribution is 0.118. The largest absolute Gasteiger partial charge is 0.380 e. The van der Waals surface area contributed by atoms with E-state index in [1.165, 1.54) is 12.8 Å². The van der Waals surface area contributed by atoms with Crippen LogP contribution in [0, 0.1) is 5.92 Å². The second-order valence-electron chi connectivity index (χ2n) is 4.46. The Morgan fingerprint density at radius 3 is 2.67 bits per heavy atom. The summed E-state index contributed by atoms with van der Waals surface area (Å²) in [5.41, 5.74) is 0. The Bertz CT molecular complexity index is 160. The summed E-state index contributed by atoms with van der Waals surface area (Å²) in [5, 5.41) is 3.58. The van der Waals surface area contributed by atoms with Crippen LogP contribution in [-0.4, -0.2) is 50.8 Å². The molecule has 1 fully saturated rings. The molecular weight excluding hydrogens is 188 g/mol. The zero-order valence-electron chi connectivity index (χ0n) is 10.5. The average Bonchev–Trinajstić information content (AvgIpc) is 3.01. The van der Waals surface area contributed by atoms with Crippen LogP contribution >= 0.6 is 0 Å². The summed E-state index contributed by atoms with van der Waals surface area (Å²) in [5.74, 6) is 0.930. The summed E-state index contributed by atoms with van der Waals surface area (Å²) in [6.45, 7) is 9.21. The van der Waals surface area contributed by atoms with Crippen molar-refractivity contribution in [3.8, 4) is 0 Å². The van der Waals surface area contributed by atoms with Gasteiger partial charge in [0.2, 0.25) is 0 Å². The van der Waals surface area contributed by atoms with Gasteiger partial charge in [0.05, 0.1) is 6.61 Å². The van der Waals surface area contributed by atoms with Crippen LogP contribution in [-0.2, 0) is 4.74 Å². The number of nitrogens with zero attached hydrogens (tertiary/aromatic N) is 1. The fourth-order valence-electron chi connectivity index (χ4n) is 1.93. The molecule has 0 heterocycles. The second kappa shape index (κ2) is 7.20. The van der Waals surface area contributed by atoms with Gasteiger partial charge in [-0.05, 0) is 39.3 Å². The lowest BCUT2D eigenvalue weighted by Gasteiger charge is -2.24. The third-order valence-corrected chi connectivity index (χ3v) is 2.99. The molecule has 15 heavy (non-hydrogen) atoms. The normalized spacial score (nSPS) is 18.4. The van der Waals surface area contributed by atoms with E-state index < -0.39 is 0 Å². The fraction of sp³-hybridized carbons (Fsp3) is 1.00. The van der Waals surface area contributed by atoms with E-state index in [0.717, 1.165) is 38.8 Å². The first kappa shape index (κ1) is 12.9. The summed E-state index contributed by atoms with van der Waals surface area (Å²) < 4.78 is 5.36. The number of rotatable bonds is 9. The Balaban J connectivity index is 2.12. The van der Waals surface area contributed by atoms with Crippen LogP contribution in [0.4, 0.5) is 0 Å². The molecule has 0 aromatic carbocycles. The number of nitrogens with one attached hydrogen (secondary N) is 1. The third-order valence-electron chi connectivity index (χ3n) is 2.99. The number of ether oxygens (including phenoxy) is 1. The molecule has 0 saturated heterocycles. The molecule has 0 aliphatic heterocycles. The van der Waals surface area contributed by atoms with Crippen LogP contribution in [0.2, 0.25) is 0 Å². The molecule has 1 rings (SSSR count). The Kier molecular flexibility index (Phi) is 6.22. The van der Waals surface area contributed by atoms with Gasteiger partial charge in [-0.15, -0.1) is 0 Å². The van der Waals surface area contributed by atoms with E-state index in [0.29, 0.717) is 6.04 Å². The van der Waals surface area contributed by atoms with Gasteiger partial charge < -0.3 is 15.0 Å². The van der Waals surface area contributed by atoms with Crippen molar-refractivity contribution in [2.75, 3.05) is 39.9 Å². The summed E-state index contributed by atoms with van der Waals surface area (Å²) >= 11 is 0. The Morgan fingerprint density at radius 2 is 2.13 bits per heavy atom. The predicted octanol–water partition coefficient (Wildman–Crippen LogP) is 1.34. The highest BCUT2D eigenvalue weighted by Gasteiger charge is 2.30. The van der Waals surface area contributed by atoms with Gasteiger partial charge in [0, 0.05) is 25.7 Å². The fourth-order valence-corrected chi connectivity index (χ4v) is 1.93. The maximum absolute atomic E-state index is 5.36. The molecule has 90 valence electrons. The highest BCUT2D eigenvalue weighted by atomic mass is 16.5. The predicted molar refractivity (Wildman–Crippen MR) is 64.2 cm³/mol. The van der Waals surface area contributed by atoms with E-state index in [9.17, 15) is 0 Å². The Labute approximate surface area is 94.2 Å². The van der Waals surface area contributed by atoms with Crippen LogP contribution in [0.15, 0.2) is 0 Å². The molecule has 0 aromatic rings. The molecule has 3 nitrogen and oxygen atoms in total. The van der Waals surface area contributed by atoms with Gasteiger partial charge in [-0.25, -0.2) is 0 Å². The highest BCUT2D eigenvalue weighted by molar-refractivity contribution is 4.87. The first-order valence-corrected chi connectivity index (χ1v) is 6.27. The molecule has 0 spiro atoms. The molecule has 1 atom stereocenters. The summed E-state index contributed by atoms with van der Waals surface area (Å²) in [6.07, 6.45) is 2.83. The van der Waals surface area contributed by atoms with Crippen molar-refractivity contribution in [1.29, 1.82) is 0 Å². The molecule has 1 unspecified atom stereocenters. The number of hydrogen-bond donors (Lipinski definition) is 1. The lowest BCUT2D eigenvalue weighted by atomic mass is 10.1. The van der Waals surface area contributed by atoms with Crippen LogP contribution < -0.4 is 5.32 Å². The van der Waals surface area contributed by atoms with Crippen molar-refractivity contribution < 1.29 is 4.74 Å². The first-order valence-electron chi connectivity index (χ1n) is 6.27. The van der Waals surface area contributed by atoms with E-state index in [1.807, 2.05) is 6.92 Å². The van der Waals surface area contributed by atoms with Gasteiger partial charge in [0.25, 0.3) is 0 Å². The van der Waals surface area contributed by atoms with Gasteiger partial charge in [0.1, 0.15) is 0 Å². The second-order valence-corrected chi connectivity index (χ2v) is 4.46. The van der Waals surface area contributed by atoms with Gasteiger partial charge >= 0.3 is 0 Å². The van der Waals surface area contributed by atoms with E-state index >= 15 is 0 Å².